The summed E-state index contributed by atoms with van der Waals surface area (Å²) in [4.78, 5) is 13.9. The highest BCUT2D eigenvalue weighted by molar-refractivity contribution is 7.14. The van der Waals surface area contributed by atoms with Crippen LogP contribution in [0.1, 0.15) is 25.7 Å². The smallest absolute Gasteiger partial charge is 0.265 e. The summed E-state index contributed by atoms with van der Waals surface area (Å²) >= 11 is 7.53. The highest BCUT2D eigenvalue weighted by Gasteiger charge is 2.13. The Bertz CT molecular complexity index is 706. The number of hydrogen-bond donors (Lipinski definition) is 3. The van der Waals surface area contributed by atoms with Crippen molar-refractivity contribution >= 4 is 40.4 Å². The van der Waals surface area contributed by atoms with Crippen molar-refractivity contribution in [1.29, 1.82) is 0 Å². The zero-order chi connectivity index (χ0) is 15.6. The molecule has 1 aromatic carbocycles. The van der Waals surface area contributed by atoms with E-state index in [2.05, 4.69) is 10.5 Å². The highest BCUT2D eigenvalue weighted by Crippen LogP contribution is 2.26. The summed E-state index contributed by atoms with van der Waals surface area (Å²) in [6, 6.07) is 6.59. The first-order valence-corrected chi connectivity index (χ1v) is 7.27. The van der Waals surface area contributed by atoms with Crippen molar-refractivity contribution in [3.05, 3.63) is 50.2 Å². The largest absolute Gasteiger partial charge is 0.409 e. The van der Waals surface area contributed by atoms with Crippen molar-refractivity contribution in [1.82, 2.24) is 0 Å². The number of thiophene rings is 1. The Morgan fingerprint density at radius 1 is 1.38 bits per heavy atom. The van der Waals surface area contributed by atoms with Crippen molar-refractivity contribution in [3.8, 4) is 0 Å². The Hall–Kier alpha value is -2.05. The van der Waals surface area contributed by atoms with Gasteiger partial charge in [-0.05, 0) is 43.7 Å². The number of carbonyl (C=O) groups is 1. The molecular weight excluding hydrogens is 310 g/mol. The molecular formula is C14H14ClN3O2S. The molecule has 2 rings (SSSR count). The number of halogens is 1. The summed E-state index contributed by atoms with van der Waals surface area (Å²) in [5.41, 5.74) is 7.51. The number of nitrogens with two attached hydrogens (primary N) is 1. The van der Waals surface area contributed by atoms with E-state index >= 15 is 0 Å². The maximum atomic E-state index is 12.2. The average Bonchev–Trinajstić information content (AvgIpc) is 2.80. The summed E-state index contributed by atoms with van der Waals surface area (Å²) in [5.74, 6) is -0.256. The lowest BCUT2D eigenvalue weighted by molar-refractivity contribution is 0.103. The van der Waals surface area contributed by atoms with Crippen molar-refractivity contribution in [3.63, 3.8) is 0 Å². The molecule has 0 bridgehead atoms. The van der Waals surface area contributed by atoms with E-state index in [1.54, 1.807) is 12.1 Å². The van der Waals surface area contributed by atoms with Gasteiger partial charge in [-0.1, -0.05) is 16.8 Å². The van der Waals surface area contributed by atoms with E-state index in [0.29, 0.717) is 21.2 Å². The highest BCUT2D eigenvalue weighted by atomic mass is 35.5. The monoisotopic (exact) mass is 323 g/mol. The number of oxime groups is 1. The molecule has 0 aliphatic carbocycles. The number of amides is 1. The molecule has 1 aromatic heterocycles. The zero-order valence-corrected chi connectivity index (χ0v) is 13.0. The molecule has 21 heavy (non-hydrogen) atoms. The minimum absolute atomic E-state index is 0.0423. The molecule has 110 valence electrons. The van der Waals surface area contributed by atoms with E-state index in [1.807, 2.05) is 19.9 Å². The number of nitrogens with zero attached hydrogens (tertiary/aromatic N) is 1. The molecule has 0 atom stereocenters. The van der Waals surface area contributed by atoms with Crippen LogP contribution in [0, 0.1) is 13.8 Å². The van der Waals surface area contributed by atoms with Gasteiger partial charge in [-0.3, -0.25) is 4.79 Å². The second-order valence-electron chi connectivity index (χ2n) is 4.48. The number of hydrogen-bond acceptors (Lipinski definition) is 4. The second-order valence-corrected chi connectivity index (χ2v) is 6.15. The standard InChI is InChI=1S/C14H14ClN3O2S/c1-7-5-12(21-8(7)2)14(19)17-11-4-3-9(6-10(11)15)13(16)18-20/h3-6,20H,1-2H3,(H2,16,18)(H,17,19). The number of benzene rings is 1. The number of anilines is 1. The molecule has 0 unspecified atom stereocenters. The van der Waals surface area contributed by atoms with Crippen LogP contribution in [0.3, 0.4) is 0 Å². The molecule has 5 nitrogen and oxygen atoms in total. The SMILES string of the molecule is Cc1cc(C(=O)Nc2ccc(/C(N)=N/O)cc2Cl)sc1C. The number of carbonyl (C=O) groups excluding carboxylic acids is 1. The van der Waals surface area contributed by atoms with Gasteiger partial charge < -0.3 is 16.3 Å². The lowest BCUT2D eigenvalue weighted by Crippen LogP contribution is -2.14. The molecule has 0 fully saturated rings. The normalized spacial score (nSPS) is 11.5. The van der Waals surface area contributed by atoms with Crippen LogP contribution in [-0.2, 0) is 0 Å². The third kappa shape index (κ3) is 3.34. The van der Waals surface area contributed by atoms with Crippen LogP contribution in [0.4, 0.5) is 5.69 Å². The minimum atomic E-state index is -0.213. The lowest BCUT2D eigenvalue weighted by Gasteiger charge is -2.07. The molecule has 0 aliphatic rings. The van der Waals surface area contributed by atoms with Gasteiger partial charge in [0.2, 0.25) is 0 Å². The molecule has 4 N–H and O–H groups in total. The molecule has 0 radical (unpaired) electrons. The molecule has 0 aliphatic heterocycles. The average molecular weight is 324 g/mol. The van der Waals surface area contributed by atoms with E-state index in [9.17, 15) is 4.79 Å². The topological polar surface area (TPSA) is 87.7 Å². The van der Waals surface area contributed by atoms with Gasteiger partial charge in [0.05, 0.1) is 15.6 Å². The molecule has 2 aromatic rings. The summed E-state index contributed by atoms with van der Waals surface area (Å²) in [7, 11) is 0. The van der Waals surface area contributed by atoms with Gasteiger partial charge >= 0.3 is 0 Å². The molecule has 1 heterocycles. The van der Waals surface area contributed by atoms with Gasteiger partial charge in [-0.25, -0.2) is 0 Å². The summed E-state index contributed by atoms with van der Waals surface area (Å²) in [6.07, 6.45) is 0. The number of amidine groups is 1. The van der Waals surface area contributed by atoms with E-state index < -0.39 is 0 Å². The summed E-state index contributed by atoms with van der Waals surface area (Å²) < 4.78 is 0. The van der Waals surface area contributed by atoms with Gasteiger partial charge in [0, 0.05) is 10.4 Å². The zero-order valence-electron chi connectivity index (χ0n) is 11.5. The van der Waals surface area contributed by atoms with Gasteiger partial charge in [0.15, 0.2) is 5.84 Å². The summed E-state index contributed by atoms with van der Waals surface area (Å²) in [6.45, 7) is 3.93. The van der Waals surface area contributed by atoms with E-state index in [-0.39, 0.29) is 11.7 Å². The van der Waals surface area contributed by atoms with Crippen molar-refractivity contribution < 1.29 is 10.0 Å². The Balaban J connectivity index is 2.22. The Kier molecular flexibility index (Phi) is 4.50. The van der Waals surface area contributed by atoms with Crippen molar-refractivity contribution in [2.24, 2.45) is 10.9 Å². The molecule has 0 saturated heterocycles. The summed E-state index contributed by atoms with van der Waals surface area (Å²) in [5, 5.41) is 14.6. The molecule has 0 spiro atoms. The number of nitrogens with one attached hydrogen (secondary N) is 1. The van der Waals surface area contributed by atoms with Crippen molar-refractivity contribution in [2.75, 3.05) is 5.32 Å². The van der Waals surface area contributed by atoms with Crippen LogP contribution < -0.4 is 11.1 Å². The molecule has 7 heteroatoms. The van der Waals surface area contributed by atoms with Crippen LogP contribution >= 0.6 is 22.9 Å². The fraction of sp³-hybridized carbons (Fsp3) is 0.143. The fourth-order valence-electron chi connectivity index (χ4n) is 1.70. The fourth-order valence-corrected chi connectivity index (χ4v) is 2.86. The van der Waals surface area contributed by atoms with Crippen LogP contribution in [0.15, 0.2) is 29.4 Å². The number of aryl methyl sites for hydroxylation is 2. The second kappa shape index (κ2) is 6.15. The third-order valence-electron chi connectivity index (χ3n) is 3.01. The predicted molar refractivity (Wildman–Crippen MR) is 85.7 cm³/mol. The number of rotatable bonds is 3. The maximum absolute atomic E-state index is 12.2. The van der Waals surface area contributed by atoms with Gasteiger partial charge in [0.25, 0.3) is 5.91 Å². The lowest BCUT2D eigenvalue weighted by atomic mass is 10.2. The molecule has 0 saturated carbocycles. The van der Waals surface area contributed by atoms with Crippen LogP contribution in [0.25, 0.3) is 0 Å². The molecule has 1 amide bonds. The third-order valence-corrected chi connectivity index (χ3v) is 4.47. The van der Waals surface area contributed by atoms with E-state index in [4.69, 9.17) is 22.5 Å². The predicted octanol–water partition coefficient (Wildman–Crippen LogP) is 3.37. The van der Waals surface area contributed by atoms with Crippen LogP contribution in [-0.4, -0.2) is 17.0 Å². The first-order valence-electron chi connectivity index (χ1n) is 6.08. The van der Waals surface area contributed by atoms with Crippen molar-refractivity contribution in [2.45, 2.75) is 13.8 Å². The Morgan fingerprint density at radius 2 is 2.10 bits per heavy atom. The van der Waals surface area contributed by atoms with Crippen LogP contribution in [0.2, 0.25) is 5.02 Å². The Morgan fingerprint density at radius 3 is 2.62 bits per heavy atom. The Labute approximate surface area is 131 Å². The van der Waals surface area contributed by atoms with Gasteiger partial charge in [0.1, 0.15) is 0 Å². The van der Waals surface area contributed by atoms with E-state index in [0.717, 1.165) is 10.4 Å². The maximum Gasteiger partial charge on any atom is 0.265 e. The van der Waals surface area contributed by atoms with Gasteiger partial charge in [-0.15, -0.1) is 11.3 Å². The van der Waals surface area contributed by atoms with Gasteiger partial charge in [-0.2, -0.15) is 0 Å². The minimum Gasteiger partial charge on any atom is -0.409 e. The first-order chi connectivity index (χ1) is 9.92. The first kappa shape index (κ1) is 15.3. The quantitative estimate of drug-likeness (QED) is 0.350. The van der Waals surface area contributed by atoms with E-state index in [1.165, 1.54) is 17.4 Å². The van der Waals surface area contributed by atoms with Crippen LogP contribution in [0.5, 0.6) is 0 Å².